The standard InChI is InChI=1S/C51H34N4OS/c1-3-13-31(14-4-1)49-52-50(32-15-5-2-6-16-32)54-51(53-49)41-21-11-19-39-37-27-25-33(29-45(37)56-47(39)41)34-26-28-38-40-20-12-24-44(48(40)57-46(38)30-34)55-42-22-9-7-17-35(42)36-18-8-10-23-43(36)55/h1-9,11-22,24-30,49H,10,23H2,(H,52,53,54). The van der Waals surface area contributed by atoms with Gasteiger partial charge in [0.05, 0.1) is 21.5 Å². The van der Waals surface area contributed by atoms with E-state index in [0.717, 1.165) is 68.4 Å². The van der Waals surface area contributed by atoms with Crippen molar-refractivity contribution in [3.63, 3.8) is 0 Å². The van der Waals surface area contributed by atoms with Gasteiger partial charge in [-0.15, -0.1) is 11.3 Å². The van der Waals surface area contributed by atoms with Gasteiger partial charge in [0.1, 0.15) is 23.2 Å². The number of aromatic nitrogens is 1. The van der Waals surface area contributed by atoms with E-state index in [2.05, 4.69) is 143 Å². The molecule has 0 radical (unpaired) electrons. The fourth-order valence-corrected chi connectivity index (χ4v) is 10.1. The van der Waals surface area contributed by atoms with Crippen LogP contribution in [-0.4, -0.2) is 16.2 Å². The Morgan fingerprint density at radius 2 is 1.40 bits per heavy atom. The third-order valence-corrected chi connectivity index (χ3v) is 12.7. The van der Waals surface area contributed by atoms with Crippen LogP contribution in [0.4, 0.5) is 0 Å². The summed E-state index contributed by atoms with van der Waals surface area (Å²) in [5, 5.41) is 9.59. The molecule has 1 aliphatic carbocycles. The highest BCUT2D eigenvalue weighted by molar-refractivity contribution is 7.26. The molecule has 0 bridgehead atoms. The number of amidine groups is 2. The Kier molecular flexibility index (Phi) is 7.22. The van der Waals surface area contributed by atoms with Crippen molar-refractivity contribution >= 4 is 82.1 Å². The highest BCUT2D eigenvalue weighted by Gasteiger charge is 2.24. The zero-order valence-electron chi connectivity index (χ0n) is 30.8. The lowest BCUT2D eigenvalue weighted by Gasteiger charge is -2.23. The molecule has 4 heterocycles. The molecule has 5 nitrogen and oxygen atoms in total. The first-order valence-corrected chi connectivity index (χ1v) is 20.3. The molecule has 10 aromatic rings. The van der Waals surface area contributed by atoms with Gasteiger partial charge in [-0.1, -0.05) is 133 Å². The molecule has 1 N–H and O–H groups in total. The second kappa shape index (κ2) is 12.8. The van der Waals surface area contributed by atoms with Crippen molar-refractivity contribution in [2.24, 2.45) is 9.98 Å². The van der Waals surface area contributed by atoms with Gasteiger partial charge in [-0.2, -0.15) is 0 Å². The lowest BCUT2D eigenvalue weighted by molar-refractivity contribution is 0.663. The molecule has 1 unspecified atom stereocenters. The summed E-state index contributed by atoms with van der Waals surface area (Å²) in [6.45, 7) is 0. The maximum absolute atomic E-state index is 6.78. The topological polar surface area (TPSA) is 54.8 Å². The third kappa shape index (κ3) is 5.14. The number of rotatable bonds is 5. The summed E-state index contributed by atoms with van der Waals surface area (Å²) in [4.78, 5) is 10.2. The lowest BCUT2D eigenvalue weighted by atomic mass is 10.0. The van der Waals surface area contributed by atoms with Crippen LogP contribution in [-0.2, 0) is 6.42 Å². The quantitative estimate of drug-likeness (QED) is 0.190. The smallest absolute Gasteiger partial charge is 0.163 e. The zero-order chi connectivity index (χ0) is 37.5. The summed E-state index contributed by atoms with van der Waals surface area (Å²) in [5.74, 6) is 1.43. The number of thiophene rings is 1. The molecule has 12 rings (SSSR count). The zero-order valence-corrected chi connectivity index (χ0v) is 31.6. The van der Waals surface area contributed by atoms with Gasteiger partial charge in [0.15, 0.2) is 5.84 Å². The summed E-state index contributed by atoms with van der Waals surface area (Å²) in [7, 11) is 0. The molecule has 6 heteroatoms. The van der Waals surface area contributed by atoms with E-state index < -0.39 is 0 Å². The van der Waals surface area contributed by atoms with Gasteiger partial charge < -0.3 is 14.3 Å². The normalized spacial score (nSPS) is 15.3. The average Bonchev–Trinajstić information content (AvgIpc) is 3.96. The maximum Gasteiger partial charge on any atom is 0.163 e. The van der Waals surface area contributed by atoms with Crippen LogP contribution >= 0.6 is 11.3 Å². The number of allylic oxidation sites excluding steroid dienone is 1. The number of para-hydroxylation sites is 2. The van der Waals surface area contributed by atoms with E-state index in [-0.39, 0.29) is 6.17 Å². The van der Waals surface area contributed by atoms with Crippen LogP contribution in [0.3, 0.4) is 0 Å². The van der Waals surface area contributed by atoms with E-state index in [1.807, 2.05) is 47.7 Å². The first kappa shape index (κ1) is 32.2. The predicted molar refractivity (Wildman–Crippen MR) is 238 cm³/mol. The lowest BCUT2D eigenvalue weighted by Crippen LogP contribution is -2.33. The highest BCUT2D eigenvalue weighted by atomic mass is 32.1. The molecule has 0 saturated carbocycles. The molecule has 2 aliphatic rings. The Bertz CT molecular complexity index is 3330. The van der Waals surface area contributed by atoms with Crippen molar-refractivity contribution in [2.75, 3.05) is 0 Å². The van der Waals surface area contributed by atoms with Crippen LogP contribution < -0.4 is 5.32 Å². The van der Waals surface area contributed by atoms with Gasteiger partial charge in [0.25, 0.3) is 0 Å². The maximum atomic E-state index is 6.78. The SMILES string of the molecule is C1=Cc2c(n(-c3cccc4c3sc3cc(-c5ccc6c(c5)oc5c(C7=NC(c8ccccc8)NC(c8ccccc8)=N7)cccc56)ccc34)c3ccccc23)CC1. The predicted octanol–water partition coefficient (Wildman–Crippen LogP) is 13.0. The molecule has 57 heavy (non-hydrogen) atoms. The molecule has 0 spiro atoms. The fourth-order valence-electron chi connectivity index (χ4n) is 8.86. The second-order valence-electron chi connectivity index (χ2n) is 14.9. The molecule has 270 valence electrons. The number of hydrogen-bond donors (Lipinski definition) is 1. The van der Waals surface area contributed by atoms with Crippen molar-refractivity contribution in [1.82, 2.24) is 9.88 Å². The Morgan fingerprint density at radius 3 is 2.30 bits per heavy atom. The number of benzene rings is 7. The van der Waals surface area contributed by atoms with E-state index in [4.69, 9.17) is 14.4 Å². The molecular formula is C51H34N4OS. The van der Waals surface area contributed by atoms with Crippen molar-refractivity contribution < 1.29 is 4.42 Å². The van der Waals surface area contributed by atoms with Crippen molar-refractivity contribution in [1.29, 1.82) is 0 Å². The summed E-state index contributed by atoms with van der Waals surface area (Å²) in [6.07, 6.45) is 6.44. The van der Waals surface area contributed by atoms with E-state index in [1.54, 1.807) is 0 Å². The van der Waals surface area contributed by atoms with Crippen LogP contribution in [0.25, 0.3) is 75.9 Å². The Morgan fingerprint density at radius 1 is 0.649 bits per heavy atom. The minimum absolute atomic E-state index is 0.287. The molecule has 0 saturated heterocycles. The minimum atomic E-state index is -0.287. The molecule has 1 aliphatic heterocycles. The summed E-state index contributed by atoms with van der Waals surface area (Å²) >= 11 is 1.88. The monoisotopic (exact) mass is 750 g/mol. The summed E-state index contributed by atoms with van der Waals surface area (Å²) in [5.41, 5.74) is 12.2. The molecule has 1 atom stereocenters. The summed E-state index contributed by atoms with van der Waals surface area (Å²) < 4.78 is 11.9. The first-order valence-electron chi connectivity index (χ1n) is 19.5. The number of furan rings is 1. The molecule has 3 aromatic heterocycles. The average molecular weight is 751 g/mol. The number of hydrogen-bond acceptors (Lipinski definition) is 5. The number of nitrogens with one attached hydrogen (secondary N) is 1. The van der Waals surface area contributed by atoms with E-state index in [9.17, 15) is 0 Å². The van der Waals surface area contributed by atoms with E-state index in [1.165, 1.54) is 48.0 Å². The van der Waals surface area contributed by atoms with Gasteiger partial charge in [0.2, 0.25) is 0 Å². The highest BCUT2D eigenvalue weighted by Crippen LogP contribution is 2.43. The second-order valence-corrected chi connectivity index (χ2v) is 15.9. The number of fused-ring (bicyclic) bond motifs is 9. The van der Waals surface area contributed by atoms with Gasteiger partial charge in [-0.3, -0.25) is 0 Å². The van der Waals surface area contributed by atoms with Gasteiger partial charge in [-0.25, -0.2) is 9.98 Å². The van der Waals surface area contributed by atoms with Crippen LogP contribution in [0.2, 0.25) is 0 Å². The van der Waals surface area contributed by atoms with E-state index >= 15 is 0 Å². The summed E-state index contributed by atoms with van der Waals surface area (Å²) in [6, 6.07) is 55.9. The molecule has 7 aromatic carbocycles. The largest absolute Gasteiger partial charge is 0.455 e. The van der Waals surface area contributed by atoms with Gasteiger partial charge >= 0.3 is 0 Å². The Balaban J connectivity index is 0.960. The van der Waals surface area contributed by atoms with Crippen molar-refractivity contribution in [3.8, 4) is 16.8 Å². The van der Waals surface area contributed by atoms with Crippen LogP contribution in [0.15, 0.2) is 178 Å². The van der Waals surface area contributed by atoms with Gasteiger partial charge in [-0.05, 0) is 65.9 Å². The van der Waals surface area contributed by atoms with E-state index in [0.29, 0.717) is 5.84 Å². The van der Waals surface area contributed by atoms with Crippen molar-refractivity contribution in [3.05, 3.63) is 192 Å². The minimum Gasteiger partial charge on any atom is -0.455 e. The number of nitrogens with zero attached hydrogens (tertiary/aromatic N) is 3. The Labute approximate surface area is 332 Å². The molecule has 0 fully saturated rings. The first-order chi connectivity index (χ1) is 28.2. The Hall–Kier alpha value is -7.02. The van der Waals surface area contributed by atoms with Crippen molar-refractivity contribution in [2.45, 2.75) is 19.0 Å². The molecule has 0 amide bonds. The van der Waals surface area contributed by atoms with Crippen LogP contribution in [0, 0.1) is 0 Å². The van der Waals surface area contributed by atoms with Crippen LogP contribution in [0.5, 0.6) is 0 Å². The fraction of sp³-hybridized carbons (Fsp3) is 0.0588. The number of aliphatic imine (C=N–C) groups is 2. The third-order valence-electron chi connectivity index (χ3n) is 11.5. The van der Waals surface area contributed by atoms with Gasteiger partial charge in [0, 0.05) is 48.5 Å². The molecular weight excluding hydrogens is 717 g/mol. The van der Waals surface area contributed by atoms with Crippen LogP contribution in [0.1, 0.15) is 40.5 Å².